The summed E-state index contributed by atoms with van der Waals surface area (Å²) in [6.07, 6.45) is 0.280. The molecule has 0 aliphatic heterocycles. The van der Waals surface area contributed by atoms with Gasteiger partial charge in [-0.05, 0) is 34.0 Å². The Hall–Kier alpha value is -0.780. The van der Waals surface area contributed by atoms with Gasteiger partial charge in [-0.3, -0.25) is 0 Å². The van der Waals surface area contributed by atoms with Crippen molar-refractivity contribution in [1.29, 1.82) is 0 Å². The minimum atomic E-state index is -0.340. The molecule has 0 amide bonds. The molecule has 0 fully saturated rings. The van der Waals surface area contributed by atoms with Crippen molar-refractivity contribution in [3.63, 3.8) is 0 Å². The van der Waals surface area contributed by atoms with E-state index in [-0.39, 0.29) is 18.2 Å². The lowest BCUT2D eigenvalue weighted by molar-refractivity contribution is 0.611. The molecule has 0 saturated carbocycles. The van der Waals surface area contributed by atoms with Crippen LogP contribution in [0, 0.1) is 10.5 Å². The van der Waals surface area contributed by atoms with Crippen molar-refractivity contribution in [3.8, 4) is 0 Å². The Kier molecular flexibility index (Phi) is 4.94. The van der Waals surface area contributed by atoms with Gasteiger partial charge in [0.25, 0.3) is 0 Å². The molecule has 1 N–H and O–H groups in total. The zero-order valence-corrected chi connectivity index (χ0v) is 14.2. The highest BCUT2D eigenvalue weighted by Crippen LogP contribution is 2.25. The number of hydrogen-bond donors (Lipinski definition) is 1. The summed E-state index contributed by atoms with van der Waals surface area (Å²) in [5.74, 6) is 0.519. The van der Waals surface area contributed by atoms with Crippen LogP contribution in [0.15, 0.2) is 22.7 Å². The molecule has 2 rings (SSSR count). The zero-order chi connectivity index (χ0) is 14.9. The van der Waals surface area contributed by atoms with Gasteiger partial charge in [-0.15, -0.1) is 0 Å². The van der Waals surface area contributed by atoms with Gasteiger partial charge in [0, 0.05) is 22.7 Å². The first-order valence-corrected chi connectivity index (χ1v) is 7.69. The van der Waals surface area contributed by atoms with Gasteiger partial charge in [-0.2, -0.15) is 0 Å². The predicted molar refractivity (Wildman–Crippen MR) is 85.4 cm³/mol. The number of nitrogens with zero attached hydrogens (tertiary/aromatic N) is 1. The van der Waals surface area contributed by atoms with Crippen LogP contribution >= 0.6 is 39.7 Å². The second-order valence-electron chi connectivity index (χ2n) is 4.75. The first-order chi connectivity index (χ1) is 9.40. The Morgan fingerprint density at radius 3 is 2.75 bits per heavy atom. The molecule has 2 nitrogen and oxygen atoms in total. The number of aromatic nitrogens is 2. The van der Waals surface area contributed by atoms with Crippen LogP contribution in [0.3, 0.4) is 0 Å². The minimum absolute atomic E-state index is 0.254. The molecule has 0 spiro atoms. The summed E-state index contributed by atoms with van der Waals surface area (Å²) in [5, 5.41) is 0.389. The molecule has 2 aromatic rings. The molecule has 6 heteroatoms. The lowest BCUT2D eigenvalue weighted by atomic mass is 10.1. The van der Waals surface area contributed by atoms with Crippen molar-refractivity contribution < 1.29 is 4.39 Å². The van der Waals surface area contributed by atoms with Crippen LogP contribution in [-0.2, 0) is 6.42 Å². The first kappa shape index (κ1) is 15.6. The average Bonchev–Trinajstić information content (AvgIpc) is 2.37. The zero-order valence-electron chi connectivity index (χ0n) is 11.0. The van der Waals surface area contributed by atoms with Gasteiger partial charge in [0.2, 0.25) is 0 Å². The molecular formula is C14H13BrClFN2S. The van der Waals surface area contributed by atoms with E-state index < -0.39 is 0 Å². The molecule has 1 aromatic heterocycles. The van der Waals surface area contributed by atoms with E-state index in [0.29, 0.717) is 21.1 Å². The second kappa shape index (κ2) is 6.33. The maximum Gasteiger partial charge on any atom is 0.144 e. The van der Waals surface area contributed by atoms with E-state index in [4.69, 9.17) is 23.8 Å². The summed E-state index contributed by atoms with van der Waals surface area (Å²) in [6.45, 7) is 4.09. The average molecular weight is 376 g/mol. The number of halogens is 3. The molecule has 0 unspecified atom stereocenters. The fraction of sp³-hybridized carbons (Fsp3) is 0.286. The summed E-state index contributed by atoms with van der Waals surface area (Å²) >= 11 is 14.7. The summed E-state index contributed by atoms with van der Waals surface area (Å²) < 4.78 is 15.1. The van der Waals surface area contributed by atoms with Crippen molar-refractivity contribution in [2.45, 2.75) is 26.2 Å². The van der Waals surface area contributed by atoms with E-state index >= 15 is 0 Å². The Morgan fingerprint density at radius 1 is 1.45 bits per heavy atom. The van der Waals surface area contributed by atoms with Crippen LogP contribution in [0.5, 0.6) is 0 Å². The van der Waals surface area contributed by atoms with Gasteiger partial charge in [-0.1, -0.05) is 43.7 Å². The van der Waals surface area contributed by atoms with Crippen LogP contribution in [0.25, 0.3) is 0 Å². The summed E-state index contributed by atoms with van der Waals surface area (Å²) in [7, 11) is 0. The molecular weight excluding hydrogens is 363 g/mol. The quantitative estimate of drug-likeness (QED) is 0.727. The number of nitrogens with one attached hydrogen (secondary N) is 1. The Bertz CT molecular complexity index is 680. The van der Waals surface area contributed by atoms with Crippen molar-refractivity contribution >= 4 is 39.7 Å². The molecule has 106 valence electrons. The van der Waals surface area contributed by atoms with E-state index in [1.54, 1.807) is 12.1 Å². The largest absolute Gasteiger partial charge is 0.346 e. The smallest absolute Gasteiger partial charge is 0.144 e. The number of benzene rings is 1. The molecule has 20 heavy (non-hydrogen) atoms. The van der Waals surface area contributed by atoms with Crippen molar-refractivity contribution in [2.24, 2.45) is 0 Å². The number of H-pyrrole nitrogens is 1. The molecule has 0 saturated heterocycles. The van der Waals surface area contributed by atoms with Gasteiger partial charge in [0.1, 0.15) is 16.3 Å². The Morgan fingerprint density at radius 2 is 2.15 bits per heavy atom. The topological polar surface area (TPSA) is 28.7 Å². The van der Waals surface area contributed by atoms with E-state index in [1.165, 1.54) is 6.07 Å². The molecule has 0 aliphatic carbocycles. The van der Waals surface area contributed by atoms with Gasteiger partial charge in [-0.25, -0.2) is 9.37 Å². The molecule has 0 bridgehead atoms. The van der Waals surface area contributed by atoms with Gasteiger partial charge < -0.3 is 4.98 Å². The van der Waals surface area contributed by atoms with E-state index in [9.17, 15) is 4.39 Å². The molecule has 1 heterocycles. The predicted octanol–water partition coefficient (Wildman–Crippen LogP) is 5.41. The van der Waals surface area contributed by atoms with Crippen LogP contribution in [0.1, 0.15) is 36.8 Å². The number of rotatable bonds is 3. The minimum Gasteiger partial charge on any atom is -0.346 e. The molecule has 1 aromatic carbocycles. The van der Waals surface area contributed by atoms with Crippen molar-refractivity contribution in [2.75, 3.05) is 0 Å². The lowest BCUT2D eigenvalue weighted by Crippen LogP contribution is -2.05. The van der Waals surface area contributed by atoms with Crippen molar-refractivity contribution in [3.05, 3.63) is 55.2 Å². The highest BCUT2D eigenvalue weighted by Gasteiger charge is 2.13. The fourth-order valence-corrected chi connectivity index (χ4v) is 2.97. The van der Waals surface area contributed by atoms with Gasteiger partial charge in [0.15, 0.2) is 0 Å². The van der Waals surface area contributed by atoms with E-state index in [0.717, 1.165) is 10.2 Å². The van der Waals surface area contributed by atoms with Gasteiger partial charge >= 0.3 is 0 Å². The molecule has 0 atom stereocenters. The lowest BCUT2D eigenvalue weighted by Gasteiger charge is -2.12. The second-order valence-corrected chi connectivity index (χ2v) is 6.33. The van der Waals surface area contributed by atoms with Crippen LogP contribution in [0.4, 0.5) is 4.39 Å². The maximum atomic E-state index is 13.8. The Balaban J connectivity index is 2.47. The standard InChI is InChI=1S/C14H13BrClFN2S/c1-7(2)13-12(15)14(20)19-11(18-13)6-8-9(16)4-3-5-10(8)17/h3-5,7H,6H2,1-2H3,(H,18,19,20). The van der Waals surface area contributed by atoms with Gasteiger partial charge in [0.05, 0.1) is 4.47 Å². The van der Waals surface area contributed by atoms with Crippen LogP contribution in [-0.4, -0.2) is 9.97 Å². The van der Waals surface area contributed by atoms with Crippen molar-refractivity contribution in [1.82, 2.24) is 9.97 Å². The molecule has 0 aliphatic rings. The number of aromatic amines is 1. The van der Waals surface area contributed by atoms with E-state index in [1.807, 2.05) is 13.8 Å². The SMILES string of the molecule is CC(C)c1[nH]c(Cc2c(F)cccc2Cl)nc(=S)c1Br. The molecule has 0 radical (unpaired) electrons. The third-order valence-electron chi connectivity index (χ3n) is 2.92. The fourth-order valence-electron chi connectivity index (χ4n) is 1.88. The summed E-state index contributed by atoms with van der Waals surface area (Å²) in [6, 6.07) is 4.63. The van der Waals surface area contributed by atoms with Crippen LogP contribution < -0.4 is 0 Å². The van der Waals surface area contributed by atoms with E-state index in [2.05, 4.69) is 25.9 Å². The third kappa shape index (κ3) is 3.27. The van der Waals surface area contributed by atoms with Crippen LogP contribution in [0.2, 0.25) is 5.02 Å². The highest BCUT2D eigenvalue weighted by molar-refractivity contribution is 9.10. The third-order valence-corrected chi connectivity index (χ3v) is 4.64. The Labute approximate surface area is 135 Å². The monoisotopic (exact) mass is 374 g/mol. The first-order valence-electron chi connectivity index (χ1n) is 6.11. The summed E-state index contributed by atoms with van der Waals surface area (Å²) in [4.78, 5) is 7.49. The number of hydrogen-bond acceptors (Lipinski definition) is 2. The highest BCUT2D eigenvalue weighted by atomic mass is 79.9. The summed E-state index contributed by atoms with van der Waals surface area (Å²) in [5.41, 5.74) is 1.37. The normalized spacial score (nSPS) is 11.1. The maximum absolute atomic E-state index is 13.8.